The van der Waals surface area contributed by atoms with Crippen molar-refractivity contribution < 1.29 is 42.1 Å². The van der Waals surface area contributed by atoms with Gasteiger partial charge in [0.15, 0.2) is 6.10 Å². The fourth-order valence-electron chi connectivity index (χ4n) is 9.31. The van der Waals surface area contributed by atoms with E-state index in [1.165, 1.54) is 218 Å². The van der Waals surface area contributed by atoms with Gasteiger partial charge in [0.1, 0.15) is 19.8 Å². The lowest BCUT2D eigenvalue weighted by molar-refractivity contribution is -0.870. The predicted octanol–water partition coefficient (Wildman–Crippen LogP) is 19.9. The lowest BCUT2D eigenvalue weighted by Gasteiger charge is -2.28. The van der Waals surface area contributed by atoms with Crippen LogP contribution in [0.1, 0.15) is 309 Å². The van der Waals surface area contributed by atoms with Gasteiger partial charge in [-0.2, -0.15) is 0 Å². The highest BCUT2D eigenvalue weighted by atomic mass is 31.2. The summed E-state index contributed by atoms with van der Waals surface area (Å²) in [6.45, 7) is 4.27. The van der Waals surface area contributed by atoms with Gasteiger partial charge in [0.05, 0.1) is 27.7 Å². The number of unbranched alkanes of at least 4 members (excludes halogenated alkanes) is 38. The first-order valence-corrected chi connectivity index (χ1v) is 33.8. The fraction of sp³-hybridized carbons (Fsp3) is 0.848. The molecule has 10 heteroatoms. The molecule has 0 aliphatic rings. The smallest absolute Gasteiger partial charge is 0.306 e. The van der Waals surface area contributed by atoms with Crippen LogP contribution in [0.4, 0.5) is 0 Å². The van der Waals surface area contributed by atoms with E-state index < -0.39 is 26.5 Å². The fourth-order valence-corrected chi connectivity index (χ4v) is 10.0. The molecule has 0 N–H and O–H groups in total. The third-order valence-electron chi connectivity index (χ3n) is 14.3. The maximum absolute atomic E-state index is 12.8. The molecule has 0 radical (unpaired) electrons. The maximum Gasteiger partial charge on any atom is 0.306 e. The Morgan fingerprint density at radius 3 is 1.07 bits per heavy atom. The molecule has 446 valence electrons. The second kappa shape index (κ2) is 57.6. The van der Waals surface area contributed by atoms with Gasteiger partial charge in [0.2, 0.25) is 0 Å². The normalized spacial score (nSPS) is 13.5. The first-order chi connectivity index (χ1) is 37.0. The molecule has 76 heavy (non-hydrogen) atoms. The van der Waals surface area contributed by atoms with Crippen LogP contribution in [0.15, 0.2) is 48.6 Å². The van der Waals surface area contributed by atoms with Crippen LogP contribution in [-0.2, 0) is 32.7 Å². The van der Waals surface area contributed by atoms with Crippen molar-refractivity contribution in [3.8, 4) is 0 Å². The third kappa shape index (κ3) is 61.2. The van der Waals surface area contributed by atoms with Gasteiger partial charge in [0, 0.05) is 12.8 Å². The molecule has 0 bridgehead atoms. The highest BCUT2D eigenvalue weighted by molar-refractivity contribution is 7.45. The van der Waals surface area contributed by atoms with E-state index in [9.17, 15) is 19.0 Å². The van der Waals surface area contributed by atoms with Crippen LogP contribution in [0.5, 0.6) is 0 Å². The molecule has 0 heterocycles. The van der Waals surface area contributed by atoms with Crippen LogP contribution < -0.4 is 4.89 Å². The summed E-state index contributed by atoms with van der Waals surface area (Å²) in [4.78, 5) is 38.0. The zero-order chi connectivity index (χ0) is 55.6. The molecule has 0 aromatic carbocycles. The number of rotatable bonds is 60. The number of nitrogens with zero attached hydrogens (tertiary/aromatic N) is 1. The summed E-state index contributed by atoms with van der Waals surface area (Å²) < 4.78 is 34.3. The molecule has 0 aromatic rings. The average Bonchev–Trinajstić information content (AvgIpc) is 3.38. The summed E-state index contributed by atoms with van der Waals surface area (Å²) in [5.74, 6) is -0.825. The van der Waals surface area contributed by atoms with Crippen LogP contribution in [0.3, 0.4) is 0 Å². The number of likely N-dealkylation sites (N-methyl/N-ethyl adjacent to an activating group) is 1. The molecule has 0 amide bonds. The van der Waals surface area contributed by atoms with Crippen LogP contribution in [-0.4, -0.2) is 70.0 Å². The molecule has 0 aliphatic carbocycles. The molecule has 0 aromatic heterocycles. The molecule has 2 unspecified atom stereocenters. The van der Waals surface area contributed by atoms with Crippen LogP contribution in [0.2, 0.25) is 0 Å². The molecule has 9 nitrogen and oxygen atoms in total. The number of carbonyl (C=O) groups is 2. The summed E-state index contributed by atoms with van der Waals surface area (Å²) in [6, 6.07) is 0. The van der Waals surface area contributed by atoms with Crippen molar-refractivity contribution in [2.24, 2.45) is 0 Å². The van der Waals surface area contributed by atoms with E-state index in [1.54, 1.807) is 0 Å². The second-order valence-corrected chi connectivity index (χ2v) is 24.5. The summed E-state index contributed by atoms with van der Waals surface area (Å²) in [7, 11) is 1.17. The Hall–Kier alpha value is -2.03. The predicted molar refractivity (Wildman–Crippen MR) is 324 cm³/mol. The first kappa shape index (κ1) is 74.0. The molecule has 0 rings (SSSR count). The van der Waals surface area contributed by atoms with Crippen LogP contribution in [0.25, 0.3) is 0 Å². The number of phosphoric ester groups is 1. The monoisotopic (exact) mass is 1090 g/mol. The standard InChI is InChI=1S/C66H124NO8P/c1-6-8-10-12-14-16-18-20-22-24-26-28-30-32-33-35-36-38-40-42-44-46-48-50-52-54-56-58-65(68)72-62-64(63-74-76(70,71)73-61-60-67(3,4)5)75-66(69)59-57-55-53-51-49-47-45-43-41-39-37-34-31-29-27-25-23-21-19-17-15-13-11-9-7-2/h19,21,24-27,31,34,64H,6-18,20,22-23,28-30,32-33,35-63H2,1-5H3/b21-19-,26-24-,27-25-,34-31-. The van der Waals surface area contributed by atoms with Crippen molar-refractivity contribution in [3.63, 3.8) is 0 Å². The van der Waals surface area contributed by atoms with Gasteiger partial charge in [-0.15, -0.1) is 0 Å². The highest BCUT2D eigenvalue weighted by Crippen LogP contribution is 2.38. The first-order valence-electron chi connectivity index (χ1n) is 32.3. The summed E-state index contributed by atoms with van der Waals surface area (Å²) in [5, 5.41) is 0. The number of phosphoric acid groups is 1. The summed E-state index contributed by atoms with van der Waals surface area (Å²) in [5.41, 5.74) is 0. The minimum absolute atomic E-state index is 0.0313. The Labute approximate surface area is 471 Å². The van der Waals surface area contributed by atoms with Gasteiger partial charge in [-0.1, -0.05) is 268 Å². The van der Waals surface area contributed by atoms with Gasteiger partial charge in [-0.25, -0.2) is 0 Å². The van der Waals surface area contributed by atoms with E-state index in [2.05, 4.69) is 62.5 Å². The number of carbonyl (C=O) groups excluding carboxylic acids is 2. The number of quaternary nitrogens is 1. The van der Waals surface area contributed by atoms with E-state index in [1.807, 2.05) is 21.1 Å². The average molecular weight is 1090 g/mol. The maximum atomic E-state index is 12.8. The van der Waals surface area contributed by atoms with Gasteiger partial charge >= 0.3 is 11.9 Å². The Morgan fingerprint density at radius 1 is 0.408 bits per heavy atom. The topological polar surface area (TPSA) is 111 Å². The van der Waals surface area contributed by atoms with Crippen molar-refractivity contribution in [2.75, 3.05) is 47.5 Å². The molecule has 0 fully saturated rings. The van der Waals surface area contributed by atoms with Crippen molar-refractivity contribution in [3.05, 3.63) is 48.6 Å². The molecule has 2 atom stereocenters. The zero-order valence-electron chi connectivity index (χ0n) is 50.7. The minimum Gasteiger partial charge on any atom is -0.756 e. The molecule has 0 aliphatic heterocycles. The molecular formula is C66H124NO8P. The van der Waals surface area contributed by atoms with Crippen molar-refractivity contribution in [1.82, 2.24) is 0 Å². The van der Waals surface area contributed by atoms with E-state index in [0.29, 0.717) is 17.4 Å². The van der Waals surface area contributed by atoms with Gasteiger partial charge in [-0.05, 0) is 77.0 Å². The Kier molecular flexibility index (Phi) is 56.1. The lowest BCUT2D eigenvalue weighted by Crippen LogP contribution is -2.37. The number of allylic oxidation sites excluding steroid dienone is 8. The van der Waals surface area contributed by atoms with Gasteiger partial charge < -0.3 is 27.9 Å². The minimum atomic E-state index is -4.64. The van der Waals surface area contributed by atoms with Crippen molar-refractivity contribution in [1.29, 1.82) is 0 Å². The largest absolute Gasteiger partial charge is 0.756 e. The molecule has 0 spiro atoms. The van der Waals surface area contributed by atoms with Crippen molar-refractivity contribution >= 4 is 19.8 Å². The highest BCUT2D eigenvalue weighted by Gasteiger charge is 2.22. The van der Waals surface area contributed by atoms with E-state index in [4.69, 9.17) is 18.5 Å². The third-order valence-corrected chi connectivity index (χ3v) is 15.3. The van der Waals surface area contributed by atoms with Gasteiger partial charge in [0.25, 0.3) is 7.82 Å². The number of esters is 2. The van der Waals surface area contributed by atoms with Crippen LogP contribution >= 0.6 is 7.82 Å². The van der Waals surface area contributed by atoms with E-state index in [0.717, 1.165) is 57.8 Å². The lowest BCUT2D eigenvalue weighted by atomic mass is 10.0. The van der Waals surface area contributed by atoms with Crippen molar-refractivity contribution in [2.45, 2.75) is 315 Å². The van der Waals surface area contributed by atoms with Gasteiger partial charge in [-0.3, -0.25) is 14.2 Å². The number of ether oxygens (including phenoxy) is 2. The molecule has 0 saturated carbocycles. The summed E-state index contributed by atoms with van der Waals surface area (Å²) in [6.07, 6.45) is 73.1. The van der Waals surface area contributed by atoms with E-state index >= 15 is 0 Å². The van der Waals surface area contributed by atoms with Crippen LogP contribution in [0, 0.1) is 0 Å². The SMILES string of the molecule is CCCCCCC/C=C\C/C=C\C/C=C\CCCCCCCCCCCCC(=O)OC(COC(=O)CCCCCCCCCCCCCCCCC/C=C\CCCCCCCCCC)COP(=O)([O-])OCC[N+](C)(C)C. The molecular weight excluding hydrogens is 966 g/mol. The Morgan fingerprint density at radius 2 is 0.711 bits per heavy atom. The Balaban J connectivity index is 4.09. The zero-order valence-corrected chi connectivity index (χ0v) is 51.6. The second-order valence-electron chi connectivity index (χ2n) is 23.1. The Bertz CT molecular complexity index is 1420. The number of hydrogen-bond acceptors (Lipinski definition) is 8. The van der Waals surface area contributed by atoms with E-state index in [-0.39, 0.29) is 32.0 Å². The summed E-state index contributed by atoms with van der Waals surface area (Å²) >= 11 is 0. The quantitative estimate of drug-likeness (QED) is 0.0195. The number of hydrogen-bond donors (Lipinski definition) is 0. The molecule has 0 saturated heterocycles.